The van der Waals surface area contributed by atoms with E-state index in [0.717, 1.165) is 150 Å². The van der Waals surface area contributed by atoms with Gasteiger partial charge in [-0.05, 0) is 139 Å². The van der Waals surface area contributed by atoms with Crippen molar-refractivity contribution < 1.29 is 192 Å². The number of rotatable bonds is 11. The Labute approximate surface area is 678 Å². The number of carbonyl (C=O) groups excluding carboxylic acids is 4. The third-order valence-electron chi connectivity index (χ3n) is 16.0. The van der Waals surface area contributed by atoms with E-state index >= 15 is 0 Å². The van der Waals surface area contributed by atoms with Gasteiger partial charge in [-0.15, -0.1) is 11.6 Å². The molecule has 24 heteroatoms. The SMILES string of the molecule is C.C.C.COC(=O)CCl.COC(=O)COc1cccc2cc3c(nc12)-c1nc2c(OCC(=O)CO)cccc2cc1CC3.COc1cccc2cc3c(nc12)-c1nc2c(CO)cccc2cc1CC3.O=CO[O-].Oc1cccc2cc3c(nc12)-c1nc2c(O)cccc2cc1CC3.[2HH].[2HH].[2H][2H].[2H][2H].[2H][2H].[2H][2H].[H-].[K+].[K+]. The molecule has 4 N–H and O–H groups in total. The second kappa shape index (κ2) is 37.1. The van der Waals surface area contributed by atoms with E-state index < -0.39 is 24.3 Å². The van der Waals surface area contributed by atoms with Crippen LogP contribution in [0, 0.1) is 0 Å². The third-order valence-corrected chi connectivity index (χ3v) is 16.3. The summed E-state index contributed by atoms with van der Waals surface area (Å²) in [5.41, 5.74) is 16.8. The van der Waals surface area contributed by atoms with Crippen molar-refractivity contribution in [3.05, 3.63) is 185 Å². The van der Waals surface area contributed by atoms with E-state index in [-0.39, 0.29) is 173 Å². The fourth-order valence-corrected chi connectivity index (χ4v) is 11.7. The Kier molecular flexibility index (Phi) is 27.7. The average molecular weight is 1430 g/mol. The molecule has 0 bridgehead atoms. The minimum Gasteiger partial charge on any atom is -1.00 e. The average Bonchev–Trinajstić information content (AvgIpc) is 0.762. The number of pyridine rings is 6. The minimum absolute atomic E-state index is 0. The smallest absolute Gasteiger partial charge is 1.00 e. The van der Waals surface area contributed by atoms with Crippen molar-refractivity contribution in [2.75, 3.05) is 47.0 Å². The van der Waals surface area contributed by atoms with Crippen LogP contribution in [0.15, 0.2) is 146 Å². The third kappa shape index (κ3) is 17.9. The predicted octanol–water partition coefficient (Wildman–Crippen LogP) is 7.39. The van der Waals surface area contributed by atoms with E-state index in [4.69, 9.17) is 82.8 Å². The molecule has 0 aliphatic heterocycles. The van der Waals surface area contributed by atoms with Gasteiger partial charge in [0.2, 0.25) is 0 Å². The van der Waals surface area contributed by atoms with Crippen molar-refractivity contribution >= 4 is 101 Å². The number of hydrogen-bond acceptors (Lipinski definition) is 21. The number of Topliss-reactive ketones (excluding diaryl/α,β-unsaturated/α-hetero) is 1. The van der Waals surface area contributed by atoms with Crippen molar-refractivity contribution in [3.8, 4) is 62.9 Å². The van der Waals surface area contributed by atoms with Crippen LogP contribution < -0.4 is 122 Å². The zero-order valence-corrected chi connectivity index (χ0v) is 60.1. The Morgan fingerprint density at radius 2 is 0.788 bits per heavy atom. The van der Waals surface area contributed by atoms with Crippen LogP contribution in [0.3, 0.4) is 0 Å². The number of aryl methyl sites for hydroxylation is 6. The van der Waals surface area contributed by atoms with Gasteiger partial charge >= 0.3 is 115 Å². The van der Waals surface area contributed by atoms with Gasteiger partial charge in [0.25, 0.3) is 6.47 Å². The maximum Gasteiger partial charge on any atom is 1.00 e. The largest absolute Gasteiger partial charge is 1.00 e. The van der Waals surface area contributed by atoms with Crippen molar-refractivity contribution in [1.29, 1.82) is 0 Å². The van der Waals surface area contributed by atoms with E-state index in [0.29, 0.717) is 33.6 Å². The van der Waals surface area contributed by atoms with E-state index in [2.05, 4.69) is 56.8 Å². The number of alkyl halides is 1. The van der Waals surface area contributed by atoms with Crippen molar-refractivity contribution in [2.45, 2.75) is 67.4 Å². The van der Waals surface area contributed by atoms with E-state index in [9.17, 15) is 29.7 Å². The van der Waals surface area contributed by atoms with Gasteiger partial charge in [0.15, 0.2) is 12.4 Å². The molecule has 6 aromatic heterocycles. The van der Waals surface area contributed by atoms with Crippen molar-refractivity contribution in [3.63, 3.8) is 0 Å². The number of carbonyl (C=O) groups is 4. The summed E-state index contributed by atoms with van der Waals surface area (Å²) in [6.45, 7) is -1.21. The van der Waals surface area contributed by atoms with Crippen molar-refractivity contribution in [1.82, 2.24) is 29.9 Å². The van der Waals surface area contributed by atoms with Crippen molar-refractivity contribution in [2.24, 2.45) is 0 Å². The van der Waals surface area contributed by atoms with Crippen LogP contribution >= 0.6 is 11.6 Å². The number of methoxy groups -OCH3 is 3. The van der Waals surface area contributed by atoms with Gasteiger partial charge < -0.3 is 55.7 Å². The Morgan fingerprint density at radius 3 is 1.11 bits per heavy atom. The van der Waals surface area contributed by atoms with Crippen LogP contribution in [0.4, 0.5) is 0 Å². The number of para-hydroxylation sites is 6. The number of nitrogens with zero attached hydrogens (tertiary/aromatic N) is 6. The number of ketones is 1. The molecule has 0 saturated heterocycles. The Hall–Kier alpha value is -7.70. The number of benzene rings is 6. The Bertz CT molecular complexity index is 4680. The van der Waals surface area contributed by atoms with Gasteiger partial charge in [-0.2, -0.15) is 0 Å². The van der Waals surface area contributed by atoms with Crippen LogP contribution in [0.25, 0.3) is 99.6 Å². The standard InChI is InChI=1S/C26H22N2O6.C22H18N2O2.C20H14N2O2.C3H5ClO2.CH2O3.3CH4.2K.6H2.H/c1-32-22(31)14-34-21-7-3-5-16-11-18-9-8-17-10-15-4-2-6-20(33-13-19(30)12-29)23(15)27-25(17)26(18)28-24(16)21;1-26-18-7-3-5-14-11-16-9-8-15-10-13-4-2-6-17(12-25)19(13)23-21(15)22(16)24-20(14)18;23-15-5-1-3-11-9-13-7-8-14-10-12-4-2-6-16(24)18(12)22-20(14)19(13)21-17(11)15;1-6-3(5)2-4;2-1-4-3;;;;;;;;;;;;/h2-7,10-11,29H,8-9,12-14H2,1H3;2-7,10-11,25H,8-9,12H2,1H3;1-6,9-10,23-24H,7-8H2;2H2,1H3;1,3H;3*1H4;;;6*1H;/q;;;;;;;;2*+1;;;;;;;-1/p-1/i;;;;;;;;;;4*1+1D;2*1+1;. The molecular formula is C75H85ClK2N6O15. The fourth-order valence-electron chi connectivity index (χ4n) is 11.6. The summed E-state index contributed by atoms with van der Waals surface area (Å²) in [6, 6.07) is 46.6. The number of fused-ring (bicyclic) bond motifs is 15. The van der Waals surface area contributed by atoms with Gasteiger partial charge in [0.1, 0.15) is 75.4 Å². The normalized spacial score (nSPS) is 11.7. The quantitative estimate of drug-likeness (QED) is 0.0245. The Morgan fingerprint density at radius 1 is 0.485 bits per heavy atom. The van der Waals surface area contributed by atoms with Crippen LogP contribution in [-0.4, -0.2) is 122 Å². The zero-order chi connectivity index (χ0) is 74.0. The molecule has 3 aliphatic rings. The molecule has 99 heavy (non-hydrogen) atoms. The molecule has 0 fully saturated rings. The number of hydrogen-bond donors (Lipinski definition) is 4. The second-order valence-electron chi connectivity index (χ2n) is 21.8. The molecule has 6 heterocycles. The number of aliphatic hydroxyl groups excluding tert-OH is 2. The number of aliphatic hydroxyl groups is 2. The number of phenols is 2. The summed E-state index contributed by atoms with van der Waals surface area (Å²) in [5, 5.41) is 53.2. The molecule has 21 nitrogen and oxygen atoms in total. The van der Waals surface area contributed by atoms with E-state index in [1.165, 1.54) is 25.3 Å². The predicted molar refractivity (Wildman–Crippen MR) is 384 cm³/mol. The first-order valence-corrected chi connectivity index (χ1v) is 30.2. The molecule has 0 spiro atoms. The molecule has 0 atom stereocenters. The molecule has 12 aromatic rings. The maximum atomic E-state index is 11.6. The molecule has 15 rings (SSSR count). The first-order valence-electron chi connectivity index (χ1n) is 33.7. The summed E-state index contributed by atoms with van der Waals surface area (Å²) in [6.07, 6.45) is 5.35. The molecule has 0 amide bonds. The maximum absolute atomic E-state index is 11.6. The number of ether oxygens (including phenoxy) is 5. The van der Waals surface area contributed by atoms with Gasteiger partial charge in [0.05, 0.1) is 67.6 Å². The van der Waals surface area contributed by atoms with Crippen LogP contribution in [-0.2, 0) is 78.7 Å². The molecule has 514 valence electrons. The topological polar surface area (TPSA) is 305 Å². The summed E-state index contributed by atoms with van der Waals surface area (Å²) in [4.78, 5) is 73.3. The number of halogens is 1. The number of aromatic nitrogens is 6. The molecule has 3 aliphatic carbocycles. The molecule has 0 radical (unpaired) electrons. The zero-order valence-electron chi connectivity index (χ0n) is 62.1. The van der Waals surface area contributed by atoms with Gasteiger partial charge in [-0.3, -0.25) is 14.4 Å². The van der Waals surface area contributed by atoms with Gasteiger partial charge in [-0.25, -0.2) is 34.7 Å². The summed E-state index contributed by atoms with van der Waals surface area (Å²) < 4.78 is 65.6. The van der Waals surface area contributed by atoms with Crippen LogP contribution in [0.1, 0.15) is 77.4 Å². The number of esters is 2. The molecule has 0 saturated carbocycles. The Balaban J connectivity index is 0. The van der Waals surface area contributed by atoms with Crippen LogP contribution in [0.2, 0.25) is 0 Å². The number of phenolic OH excluding ortho intramolecular Hbond substituents is 2. The first-order chi connectivity index (χ1) is 49.8. The molecule has 6 aromatic carbocycles. The fraction of sp³-hybridized carbons (Fsp3) is 0.227. The summed E-state index contributed by atoms with van der Waals surface area (Å²) >= 11 is 4.98. The van der Waals surface area contributed by atoms with Gasteiger partial charge in [-0.1, -0.05) is 101 Å². The van der Waals surface area contributed by atoms with Crippen LogP contribution in [0.5, 0.6) is 28.7 Å². The minimum atomic E-state index is -0.571. The second-order valence-corrected chi connectivity index (χ2v) is 22.0. The molecular weight excluding hydrogens is 1340 g/mol. The summed E-state index contributed by atoms with van der Waals surface area (Å²) in [7, 11) is 4.28. The first kappa shape index (κ1) is 74.0. The number of aromatic hydroxyl groups is 2. The van der Waals surface area contributed by atoms with E-state index in [1.54, 1.807) is 31.4 Å². The summed E-state index contributed by atoms with van der Waals surface area (Å²) in [5.74, 6) is 0.746. The molecule has 0 unspecified atom stereocenters. The monoisotopic (exact) mass is 1430 g/mol. The van der Waals surface area contributed by atoms with Gasteiger partial charge in [0, 0.05) is 52.6 Å². The van der Waals surface area contributed by atoms with E-state index in [1.807, 2.05) is 78.9 Å².